The minimum atomic E-state index is -1.27. The number of carboxylic acid groups (broad SMARTS) is 2. The summed E-state index contributed by atoms with van der Waals surface area (Å²) in [4.78, 5) is 21.2. The third-order valence-electron chi connectivity index (χ3n) is 2.48. The molecule has 0 fully saturated rings. The maximum Gasteiger partial charge on any atom is 0.317 e. The molecule has 5 nitrogen and oxygen atoms in total. The summed E-state index contributed by atoms with van der Waals surface area (Å²) >= 11 is 0. The second-order valence-corrected chi connectivity index (χ2v) is 4.44. The van der Waals surface area contributed by atoms with Gasteiger partial charge in [-0.05, 0) is 19.8 Å². The van der Waals surface area contributed by atoms with E-state index in [0.717, 1.165) is 24.8 Å². The predicted octanol–water partition coefficient (Wildman–Crippen LogP) is 2.31. The van der Waals surface area contributed by atoms with E-state index in [4.69, 9.17) is 14.9 Å². The molecule has 0 aromatic carbocycles. The van der Waals surface area contributed by atoms with E-state index >= 15 is 0 Å². The van der Waals surface area contributed by atoms with Crippen molar-refractivity contribution in [3.63, 3.8) is 0 Å². The summed E-state index contributed by atoms with van der Waals surface area (Å²) < 4.78 is 5.31. The Bertz CT molecular complexity index is 271. The van der Waals surface area contributed by atoms with Gasteiger partial charge in [0, 0.05) is 6.61 Å². The fourth-order valence-electron chi connectivity index (χ4n) is 1.51. The molecule has 0 atom stereocenters. The van der Waals surface area contributed by atoms with Crippen molar-refractivity contribution in [3.8, 4) is 0 Å². The number of aliphatic carboxylic acids is 2. The molecule has 0 saturated carbocycles. The van der Waals surface area contributed by atoms with E-state index in [1.807, 2.05) is 6.92 Å². The number of carbonyl (C=O) groups is 2. The van der Waals surface area contributed by atoms with E-state index in [0.29, 0.717) is 19.6 Å². The van der Waals surface area contributed by atoms with Gasteiger partial charge in [-0.2, -0.15) is 0 Å². The van der Waals surface area contributed by atoms with Gasteiger partial charge in [0.25, 0.3) is 0 Å². The van der Waals surface area contributed by atoms with Crippen LogP contribution in [0.1, 0.15) is 39.0 Å². The average Bonchev–Trinajstić information content (AvgIpc) is 2.25. The highest BCUT2D eigenvalue weighted by molar-refractivity contribution is 5.92. The van der Waals surface area contributed by atoms with E-state index in [-0.39, 0.29) is 6.42 Å². The van der Waals surface area contributed by atoms with Crippen LogP contribution in [0.15, 0.2) is 12.2 Å². The van der Waals surface area contributed by atoms with E-state index in [1.165, 1.54) is 0 Å². The maximum absolute atomic E-state index is 10.6. The second-order valence-electron chi connectivity index (χ2n) is 4.44. The van der Waals surface area contributed by atoms with Crippen LogP contribution in [0.4, 0.5) is 0 Å². The van der Waals surface area contributed by atoms with E-state index in [9.17, 15) is 9.59 Å². The van der Waals surface area contributed by atoms with Crippen LogP contribution in [0.5, 0.6) is 0 Å². The minimum Gasteiger partial charge on any atom is -0.481 e. The summed E-state index contributed by atoms with van der Waals surface area (Å²) in [7, 11) is 0. The summed E-state index contributed by atoms with van der Waals surface area (Å²) in [6.07, 6.45) is 3.45. The number of unbranched alkanes of at least 4 members (excludes halogenated alkanes) is 3. The molecule has 0 aliphatic rings. The zero-order valence-corrected chi connectivity index (χ0v) is 10.9. The Morgan fingerprint density at radius 3 is 2.17 bits per heavy atom. The predicted molar refractivity (Wildman–Crippen MR) is 67.5 cm³/mol. The first-order valence-electron chi connectivity index (χ1n) is 6.13. The Morgan fingerprint density at radius 1 is 1.11 bits per heavy atom. The van der Waals surface area contributed by atoms with E-state index in [2.05, 4.69) is 6.58 Å². The molecular formula is C13H22O5. The molecule has 0 unspecified atom stereocenters. The van der Waals surface area contributed by atoms with Gasteiger partial charge >= 0.3 is 11.9 Å². The smallest absolute Gasteiger partial charge is 0.317 e. The molecule has 0 aromatic heterocycles. The lowest BCUT2D eigenvalue weighted by atomic mass is 10.0. The quantitative estimate of drug-likeness (QED) is 0.337. The summed E-state index contributed by atoms with van der Waals surface area (Å²) in [5, 5.41) is 17.3. The molecule has 0 aromatic rings. The van der Waals surface area contributed by atoms with E-state index < -0.39 is 17.9 Å². The zero-order chi connectivity index (χ0) is 14.0. The van der Waals surface area contributed by atoms with Gasteiger partial charge in [0.05, 0.1) is 6.61 Å². The van der Waals surface area contributed by atoms with Crippen LogP contribution in [0.3, 0.4) is 0 Å². The van der Waals surface area contributed by atoms with Crippen LogP contribution < -0.4 is 0 Å². The Morgan fingerprint density at radius 2 is 1.67 bits per heavy atom. The van der Waals surface area contributed by atoms with Crippen molar-refractivity contribution in [1.29, 1.82) is 0 Å². The molecule has 5 heteroatoms. The monoisotopic (exact) mass is 258 g/mol. The topological polar surface area (TPSA) is 83.8 Å². The molecule has 18 heavy (non-hydrogen) atoms. The number of ether oxygens (including phenoxy) is 1. The molecule has 0 radical (unpaired) electrons. The SMILES string of the molecule is C=C(C)COCCCCCCC(C(=O)O)C(=O)O. The Hall–Kier alpha value is -1.36. The summed E-state index contributed by atoms with van der Waals surface area (Å²) in [5.74, 6) is -3.79. The minimum absolute atomic E-state index is 0.192. The third kappa shape index (κ3) is 8.75. The van der Waals surface area contributed by atoms with Crippen molar-refractivity contribution in [2.45, 2.75) is 39.0 Å². The molecule has 2 N–H and O–H groups in total. The first kappa shape index (κ1) is 16.6. The molecular weight excluding hydrogens is 236 g/mol. The lowest BCUT2D eigenvalue weighted by Gasteiger charge is -2.07. The van der Waals surface area contributed by atoms with Gasteiger partial charge in [0.15, 0.2) is 5.92 Å². The third-order valence-corrected chi connectivity index (χ3v) is 2.48. The number of hydrogen-bond acceptors (Lipinski definition) is 3. The van der Waals surface area contributed by atoms with Crippen LogP contribution >= 0.6 is 0 Å². The lowest BCUT2D eigenvalue weighted by Crippen LogP contribution is -2.23. The lowest BCUT2D eigenvalue weighted by molar-refractivity contribution is -0.154. The Balaban J connectivity index is 3.47. The molecule has 0 heterocycles. The van der Waals surface area contributed by atoms with Crippen LogP contribution in [0, 0.1) is 5.92 Å². The fourth-order valence-corrected chi connectivity index (χ4v) is 1.51. The summed E-state index contributed by atoms with van der Waals surface area (Å²) in [5.41, 5.74) is 0.987. The number of carboxylic acids is 2. The maximum atomic E-state index is 10.6. The molecule has 0 amide bonds. The van der Waals surface area contributed by atoms with Crippen molar-refractivity contribution >= 4 is 11.9 Å². The van der Waals surface area contributed by atoms with Crippen LogP contribution in [0.2, 0.25) is 0 Å². The van der Waals surface area contributed by atoms with Crippen molar-refractivity contribution in [2.24, 2.45) is 5.92 Å². The Kier molecular flexibility index (Phi) is 8.92. The van der Waals surface area contributed by atoms with Gasteiger partial charge in [-0.3, -0.25) is 9.59 Å². The number of hydrogen-bond donors (Lipinski definition) is 2. The normalized spacial score (nSPS) is 10.6. The van der Waals surface area contributed by atoms with Crippen molar-refractivity contribution in [2.75, 3.05) is 13.2 Å². The largest absolute Gasteiger partial charge is 0.481 e. The molecule has 0 spiro atoms. The van der Waals surface area contributed by atoms with Crippen LogP contribution in [-0.2, 0) is 14.3 Å². The van der Waals surface area contributed by atoms with Crippen molar-refractivity contribution in [3.05, 3.63) is 12.2 Å². The van der Waals surface area contributed by atoms with Crippen LogP contribution in [-0.4, -0.2) is 35.4 Å². The molecule has 0 aliphatic heterocycles. The average molecular weight is 258 g/mol. The molecule has 0 aliphatic carbocycles. The van der Waals surface area contributed by atoms with Gasteiger partial charge in [-0.15, -0.1) is 0 Å². The highest BCUT2D eigenvalue weighted by Gasteiger charge is 2.24. The first-order chi connectivity index (χ1) is 8.45. The second kappa shape index (κ2) is 9.65. The number of rotatable bonds is 11. The summed E-state index contributed by atoms with van der Waals surface area (Å²) in [6.45, 7) is 6.85. The first-order valence-corrected chi connectivity index (χ1v) is 6.13. The zero-order valence-electron chi connectivity index (χ0n) is 10.9. The van der Waals surface area contributed by atoms with Gasteiger partial charge in [-0.1, -0.05) is 31.4 Å². The fraction of sp³-hybridized carbons (Fsp3) is 0.692. The Labute approximate surface area is 107 Å². The van der Waals surface area contributed by atoms with E-state index in [1.54, 1.807) is 0 Å². The molecule has 104 valence electrons. The van der Waals surface area contributed by atoms with Gasteiger partial charge in [0.2, 0.25) is 0 Å². The van der Waals surface area contributed by atoms with Crippen molar-refractivity contribution < 1.29 is 24.5 Å². The molecule has 0 rings (SSSR count). The van der Waals surface area contributed by atoms with Gasteiger partial charge in [0.1, 0.15) is 0 Å². The standard InChI is InChI=1S/C13H22O5/c1-10(2)9-18-8-6-4-3-5-7-11(12(14)15)13(16)17/h11H,1,3-9H2,2H3,(H,14,15)(H,16,17). The van der Waals surface area contributed by atoms with Gasteiger partial charge in [-0.25, -0.2) is 0 Å². The van der Waals surface area contributed by atoms with Crippen LogP contribution in [0.25, 0.3) is 0 Å². The van der Waals surface area contributed by atoms with Gasteiger partial charge < -0.3 is 14.9 Å². The van der Waals surface area contributed by atoms with Crippen molar-refractivity contribution in [1.82, 2.24) is 0 Å². The highest BCUT2D eigenvalue weighted by atomic mass is 16.5. The molecule has 0 saturated heterocycles. The summed E-state index contributed by atoms with van der Waals surface area (Å²) in [6, 6.07) is 0. The molecule has 0 bridgehead atoms. The highest BCUT2D eigenvalue weighted by Crippen LogP contribution is 2.11.